The molecule has 0 bridgehead atoms. The summed E-state index contributed by atoms with van der Waals surface area (Å²) in [4.78, 5) is 8.62. The van der Waals surface area contributed by atoms with Crippen LogP contribution in [0.5, 0.6) is 0 Å². The molecule has 2 nitrogen and oxygen atoms in total. The lowest BCUT2D eigenvalue weighted by molar-refractivity contribution is 0.959. The highest BCUT2D eigenvalue weighted by Crippen LogP contribution is 2.07. The first kappa shape index (κ1) is 14.7. The van der Waals surface area contributed by atoms with E-state index in [-0.39, 0.29) is 0 Å². The van der Waals surface area contributed by atoms with Gasteiger partial charge in [-0.3, -0.25) is 9.97 Å². The van der Waals surface area contributed by atoms with Gasteiger partial charge in [0.1, 0.15) is 0 Å². The van der Waals surface area contributed by atoms with Crippen molar-refractivity contribution in [2.45, 2.75) is 34.6 Å². The molecule has 3 heteroatoms. The van der Waals surface area contributed by atoms with Gasteiger partial charge in [0.05, 0.1) is 22.8 Å². The summed E-state index contributed by atoms with van der Waals surface area (Å²) in [5.74, 6) is 0. The van der Waals surface area contributed by atoms with Crippen LogP contribution in [-0.4, -0.2) is 9.97 Å². The first-order valence-corrected chi connectivity index (χ1v) is 6.28. The minimum atomic E-state index is 0.801. The van der Waals surface area contributed by atoms with E-state index in [1.165, 1.54) is 5.56 Å². The lowest BCUT2D eigenvalue weighted by Gasteiger charge is -2.01. The molecular formula is C15H19ClN2. The summed E-state index contributed by atoms with van der Waals surface area (Å²) in [6.45, 7) is 9.96. The Labute approximate surface area is 114 Å². The number of benzene rings is 1. The van der Waals surface area contributed by atoms with Crippen LogP contribution in [0.1, 0.15) is 28.3 Å². The van der Waals surface area contributed by atoms with Crippen LogP contribution in [0, 0.1) is 34.6 Å². The number of rotatable bonds is 0. The summed E-state index contributed by atoms with van der Waals surface area (Å²) in [5, 5.41) is 0.801. The fourth-order valence-electron chi connectivity index (χ4n) is 1.36. The van der Waals surface area contributed by atoms with E-state index in [1.54, 1.807) is 0 Å². The first-order chi connectivity index (χ1) is 8.40. The van der Waals surface area contributed by atoms with Crippen LogP contribution in [0.2, 0.25) is 5.02 Å². The highest BCUT2D eigenvalue weighted by Gasteiger charge is 1.98. The third-order valence-electron chi connectivity index (χ3n) is 2.73. The smallest absolute Gasteiger partial charge is 0.0588 e. The zero-order valence-electron chi connectivity index (χ0n) is 11.6. The van der Waals surface area contributed by atoms with E-state index in [4.69, 9.17) is 11.6 Å². The molecule has 1 aromatic heterocycles. The molecule has 1 aromatic carbocycles. The van der Waals surface area contributed by atoms with Crippen LogP contribution in [0.15, 0.2) is 24.3 Å². The molecule has 2 rings (SSSR count). The van der Waals surface area contributed by atoms with Gasteiger partial charge in [-0.25, -0.2) is 0 Å². The minimum absolute atomic E-state index is 0.801. The van der Waals surface area contributed by atoms with Crippen LogP contribution < -0.4 is 0 Å². The van der Waals surface area contributed by atoms with Gasteiger partial charge in [-0.1, -0.05) is 29.3 Å². The summed E-state index contributed by atoms with van der Waals surface area (Å²) in [7, 11) is 0. The molecule has 18 heavy (non-hydrogen) atoms. The minimum Gasteiger partial charge on any atom is -0.255 e. The van der Waals surface area contributed by atoms with E-state index < -0.39 is 0 Å². The van der Waals surface area contributed by atoms with Gasteiger partial charge >= 0.3 is 0 Å². The van der Waals surface area contributed by atoms with Crippen LogP contribution >= 0.6 is 11.6 Å². The Kier molecular flexibility index (Phi) is 5.29. The maximum absolute atomic E-state index is 5.61. The van der Waals surface area contributed by atoms with Gasteiger partial charge in [0, 0.05) is 5.02 Å². The van der Waals surface area contributed by atoms with Crippen LogP contribution in [0.3, 0.4) is 0 Å². The number of aromatic nitrogens is 2. The maximum atomic E-state index is 5.61. The number of aryl methyl sites for hydroxylation is 5. The van der Waals surface area contributed by atoms with Crippen molar-refractivity contribution in [3.8, 4) is 0 Å². The van der Waals surface area contributed by atoms with E-state index in [0.29, 0.717) is 0 Å². The Morgan fingerprint density at radius 2 is 1.00 bits per heavy atom. The third-order valence-corrected chi connectivity index (χ3v) is 2.98. The monoisotopic (exact) mass is 262 g/mol. The fraction of sp³-hybridized carbons (Fsp3) is 0.333. The van der Waals surface area contributed by atoms with Crippen molar-refractivity contribution in [1.82, 2.24) is 9.97 Å². The second-order valence-corrected chi connectivity index (χ2v) is 4.80. The Bertz CT molecular complexity index is 448. The predicted octanol–water partition coefficient (Wildman–Crippen LogP) is 4.36. The molecule has 1 heterocycles. The van der Waals surface area contributed by atoms with Crippen LogP contribution in [0.25, 0.3) is 0 Å². The molecule has 0 aliphatic heterocycles. The van der Waals surface area contributed by atoms with Gasteiger partial charge in [-0.15, -0.1) is 0 Å². The van der Waals surface area contributed by atoms with E-state index in [9.17, 15) is 0 Å². The van der Waals surface area contributed by atoms with Crippen molar-refractivity contribution < 1.29 is 0 Å². The van der Waals surface area contributed by atoms with E-state index in [2.05, 4.69) is 9.97 Å². The molecule has 0 amide bonds. The van der Waals surface area contributed by atoms with Gasteiger partial charge in [0.2, 0.25) is 0 Å². The topological polar surface area (TPSA) is 25.8 Å². The van der Waals surface area contributed by atoms with Gasteiger partial charge < -0.3 is 0 Å². The molecule has 0 radical (unpaired) electrons. The highest BCUT2D eigenvalue weighted by molar-refractivity contribution is 6.30. The summed E-state index contributed by atoms with van der Waals surface area (Å²) in [5.41, 5.74) is 5.37. The molecule has 96 valence electrons. The maximum Gasteiger partial charge on any atom is 0.0588 e. The average Bonchev–Trinajstić information content (AvgIpc) is 2.31. The largest absolute Gasteiger partial charge is 0.255 e. The van der Waals surface area contributed by atoms with Gasteiger partial charge in [-0.05, 0) is 46.8 Å². The number of hydrogen-bond acceptors (Lipinski definition) is 2. The molecule has 2 aromatic rings. The van der Waals surface area contributed by atoms with Crippen LogP contribution in [-0.2, 0) is 0 Å². The molecule has 0 aliphatic carbocycles. The molecular weight excluding hydrogens is 244 g/mol. The summed E-state index contributed by atoms with van der Waals surface area (Å²) in [6, 6.07) is 7.75. The average molecular weight is 263 g/mol. The molecule has 0 unspecified atom stereocenters. The number of hydrogen-bond donors (Lipinski definition) is 0. The predicted molar refractivity (Wildman–Crippen MR) is 77.2 cm³/mol. The molecule has 0 fully saturated rings. The summed E-state index contributed by atoms with van der Waals surface area (Å²) >= 11 is 5.61. The van der Waals surface area contributed by atoms with E-state index in [0.717, 1.165) is 27.8 Å². The Morgan fingerprint density at radius 1 is 0.667 bits per heavy atom. The molecule has 0 spiro atoms. The Hall–Kier alpha value is -1.41. The summed E-state index contributed by atoms with van der Waals surface area (Å²) in [6.07, 6.45) is 0. The molecule has 0 saturated heterocycles. The van der Waals surface area contributed by atoms with Crippen molar-refractivity contribution >= 4 is 11.6 Å². The molecule has 0 saturated carbocycles. The summed E-state index contributed by atoms with van der Waals surface area (Å²) < 4.78 is 0. The quantitative estimate of drug-likeness (QED) is 0.705. The van der Waals surface area contributed by atoms with Crippen LogP contribution in [0.4, 0.5) is 0 Å². The number of halogens is 1. The highest BCUT2D eigenvalue weighted by atomic mass is 35.5. The van der Waals surface area contributed by atoms with Crippen molar-refractivity contribution in [2.75, 3.05) is 0 Å². The van der Waals surface area contributed by atoms with Crippen molar-refractivity contribution in [2.24, 2.45) is 0 Å². The van der Waals surface area contributed by atoms with Gasteiger partial charge in [0.15, 0.2) is 0 Å². The standard InChI is InChI=1S/C8H12N2.C7H7Cl/c1-5-6(2)10-8(4)7(3)9-5;1-6-2-4-7(8)5-3-6/h1-4H3;2-5H,1H3. The second-order valence-electron chi connectivity index (χ2n) is 4.36. The molecule has 0 N–H and O–H groups in total. The Balaban J connectivity index is 0.000000184. The van der Waals surface area contributed by atoms with Gasteiger partial charge in [-0.2, -0.15) is 0 Å². The zero-order chi connectivity index (χ0) is 13.7. The third kappa shape index (κ3) is 4.46. The normalized spacial score (nSPS) is 9.67. The van der Waals surface area contributed by atoms with Crippen molar-refractivity contribution in [3.05, 3.63) is 57.6 Å². The SMILES string of the molecule is Cc1ccc(Cl)cc1.Cc1nc(C)c(C)nc1C. The van der Waals surface area contributed by atoms with Crippen molar-refractivity contribution in [3.63, 3.8) is 0 Å². The lowest BCUT2D eigenvalue weighted by atomic mass is 10.2. The lowest BCUT2D eigenvalue weighted by Crippen LogP contribution is -1.97. The fourth-order valence-corrected chi connectivity index (χ4v) is 1.49. The van der Waals surface area contributed by atoms with Gasteiger partial charge in [0.25, 0.3) is 0 Å². The number of nitrogens with zero attached hydrogens (tertiary/aromatic N) is 2. The Morgan fingerprint density at radius 3 is 1.28 bits per heavy atom. The zero-order valence-corrected chi connectivity index (χ0v) is 12.3. The van der Waals surface area contributed by atoms with Crippen molar-refractivity contribution in [1.29, 1.82) is 0 Å². The second kappa shape index (κ2) is 6.50. The van der Waals surface area contributed by atoms with E-state index in [1.807, 2.05) is 58.9 Å². The molecule has 0 atom stereocenters. The molecule has 0 aliphatic rings. The van der Waals surface area contributed by atoms with E-state index >= 15 is 0 Å². The first-order valence-electron chi connectivity index (χ1n) is 5.90.